The number of methoxy groups -OCH3 is 1. The number of halogens is 3. The maximum absolute atomic E-state index is 12.6. The van der Waals surface area contributed by atoms with Gasteiger partial charge in [0.15, 0.2) is 11.5 Å². The number of nitrogens with zero attached hydrogens (tertiary/aromatic N) is 1. The Hall–Kier alpha value is -2.10. The Bertz CT molecular complexity index is 1190. The van der Waals surface area contributed by atoms with Gasteiger partial charge < -0.3 is 14.8 Å². The van der Waals surface area contributed by atoms with E-state index in [0.29, 0.717) is 29.4 Å². The molecule has 1 N–H and O–H groups in total. The summed E-state index contributed by atoms with van der Waals surface area (Å²) in [5, 5.41) is 12.2. The fourth-order valence-corrected chi connectivity index (χ4v) is 4.15. The molecule has 0 atom stereocenters. The van der Waals surface area contributed by atoms with Crippen molar-refractivity contribution >= 4 is 78.8 Å². The second kappa shape index (κ2) is 11.7. The van der Waals surface area contributed by atoms with E-state index in [1.165, 1.54) is 6.08 Å². The minimum absolute atomic E-state index is 0.0154. The molecule has 162 valence electrons. The molecule has 0 saturated carbocycles. The normalized spacial score (nSPS) is 10.9. The summed E-state index contributed by atoms with van der Waals surface area (Å²) in [6.07, 6.45) is 1.53. The van der Waals surface area contributed by atoms with Gasteiger partial charge in [-0.1, -0.05) is 28.1 Å². The molecule has 0 aromatic heterocycles. The van der Waals surface area contributed by atoms with Crippen LogP contribution < -0.4 is 14.8 Å². The summed E-state index contributed by atoms with van der Waals surface area (Å²) in [4.78, 5) is 12.6. The zero-order valence-corrected chi connectivity index (χ0v) is 22.8. The van der Waals surface area contributed by atoms with E-state index >= 15 is 0 Å². The molecule has 0 bridgehead atoms. The molecule has 3 rings (SSSR count). The first-order chi connectivity index (χ1) is 15.4. The summed E-state index contributed by atoms with van der Waals surface area (Å²) in [7, 11) is 1.56. The van der Waals surface area contributed by atoms with Crippen molar-refractivity contribution in [3.05, 3.63) is 89.0 Å². The first-order valence-corrected chi connectivity index (χ1v) is 12.3. The Balaban J connectivity index is 1.80. The van der Waals surface area contributed by atoms with E-state index in [2.05, 4.69) is 66.4 Å². The molecule has 3 aromatic carbocycles. The van der Waals surface area contributed by atoms with E-state index < -0.39 is 5.91 Å². The predicted octanol–water partition coefficient (Wildman–Crippen LogP) is 6.79. The Morgan fingerprint density at radius 1 is 1.12 bits per heavy atom. The fourth-order valence-electron chi connectivity index (χ4n) is 2.75. The number of rotatable bonds is 7. The third-order valence-electron chi connectivity index (χ3n) is 4.33. The number of nitriles is 1. The number of benzene rings is 3. The highest BCUT2D eigenvalue weighted by atomic mass is 127. The molecule has 8 heteroatoms. The molecule has 0 spiro atoms. The quantitative estimate of drug-likeness (QED) is 0.166. The molecule has 5 nitrogen and oxygen atoms in total. The van der Waals surface area contributed by atoms with Gasteiger partial charge in [-0.15, -0.1) is 0 Å². The van der Waals surface area contributed by atoms with Gasteiger partial charge in [0.25, 0.3) is 5.91 Å². The third-order valence-corrected chi connectivity index (χ3v) is 6.38. The predicted molar refractivity (Wildman–Crippen MR) is 146 cm³/mol. The number of carbonyl (C=O) groups is 1. The van der Waals surface area contributed by atoms with Crippen LogP contribution in [0.3, 0.4) is 0 Å². The Labute approximate surface area is 222 Å². The van der Waals surface area contributed by atoms with Gasteiger partial charge in [0, 0.05) is 13.7 Å². The molecular weight excluding hydrogens is 698 g/mol. The molecule has 32 heavy (non-hydrogen) atoms. The van der Waals surface area contributed by atoms with Crippen molar-refractivity contribution in [1.29, 1.82) is 5.26 Å². The van der Waals surface area contributed by atoms with Crippen molar-refractivity contribution in [2.45, 2.75) is 6.61 Å². The summed E-state index contributed by atoms with van der Waals surface area (Å²) in [6.45, 7) is 0.400. The van der Waals surface area contributed by atoms with E-state index in [0.717, 1.165) is 17.2 Å². The van der Waals surface area contributed by atoms with Crippen LogP contribution in [0, 0.1) is 18.5 Å². The molecule has 0 saturated heterocycles. The van der Waals surface area contributed by atoms with E-state index in [1.54, 1.807) is 25.3 Å². The molecular formula is C24H17BrI2N2O3. The number of nitrogens with one attached hydrogen (secondary N) is 1. The average molecular weight is 715 g/mol. The average Bonchev–Trinajstić information content (AvgIpc) is 2.79. The highest BCUT2D eigenvalue weighted by Gasteiger charge is 2.14. The summed E-state index contributed by atoms with van der Waals surface area (Å²) in [6, 6.07) is 20.8. The van der Waals surface area contributed by atoms with Crippen molar-refractivity contribution < 1.29 is 14.3 Å². The topological polar surface area (TPSA) is 71.3 Å². The smallest absolute Gasteiger partial charge is 0.266 e. The molecule has 0 aliphatic carbocycles. The fraction of sp³-hybridized carbons (Fsp3) is 0.0833. The zero-order chi connectivity index (χ0) is 23.1. The molecule has 0 heterocycles. The summed E-state index contributed by atoms with van der Waals surface area (Å²) < 4.78 is 14.4. The lowest BCUT2D eigenvalue weighted by molar-refractivity contribution is -0.112. The van der Waals surface area contributed by atoms with Gasteiger partial charge in [-0.25, -0.2) is 0 Å². The van der Waals surface area contributed by atoms with Crippen molar-refractivity contribution in [3.8, 4) is 17.6 Å². The molecule has 0 aliphatic heterocycles. The van der Waals surface area contributed by atoms with Crippen LogP contribution in [-0.2, 0) is 11.4 Å². The first-order valence-electron chi connectivity index (χ1n) is 9.33. The summed E-state index contributed by atoms with van der Waals surface area (Å²) in [5.41, 5.74) is 2.29. The van der Waals surface area contributed by atoms with Gasteiger partial charge >= 0.3 is 0 Å². The van der Waals surface area contributed by atoms with Crippen LogP contribution in [0.4, 0.5) is 5.69 Å². The van der Waals surface area contributed by atoms with Crippen LogP contribution in [0.25, 0.3) is 6.08 Å². The van der Waals surface area contributed by atoms with Gasteiger partial charge in [-0.2, -0.15) is 5.26 Å². The second-order valence-corrected chi connectivity index (χ2v) is 9.90. The van der Waals surface area contributed by atoms with Gasteiger partial charge in [0.2, 0.25) is 0 Å². The van der Waals surface area contributed by atoms with Gasteiger partial charge in [-0.05, 0) is 111 Å². The molecule has 0 radical (unpaired) electrons. The van der Waals surface area contributed by atoms with Crippen LogP contribution in [-0.4, -0.2) is 13.0 Å². The highest BCUT2D eigenvalue weighted by Crippen LogP contribution is 2.35. The Morgan fingerprint density at radius 2 is 1.81 bits per heavy atom. The lowest BCUT2D eigenvalue weighted by Crippen LogP contribution is -2.13. The van der Waals surface area contributed by atoms with Gasteiger partial charge in [0.1, 0.15) is 18.2 Å². The summed E-state index contributed by atoms with van der Waals surface area (Å²) >= 11 is 7.77. The van der Waals surface area contributed by atoms with E-state index in [9.17, 15) is 10.1 Å². The van der Waals surface area contributed by atoms with E-state index in [1.807, 2.05) is 48.5 Å². The maximum Gasteiger partial charge on any atom is 0.266 e. The Morgan fingerprint density at radius 3 is 2.44 bits per heavy atom. The largest absolute Gasteiger partial charge is 0.493 e. The number of hydrogen-bond acceptors (Lipinski definition) is 4. The monoisotopic (exact) mass is 714 g/mol. The molecule has 0 unspecified atom stereocenters. The maximum atomic E-state index is 12.6. The minimum atomic E-state index is -0.483. The SMILES string of the molecule is COc1cc(/C=C(/C#N)C(=O)Nc2ccc(Br)cc2)cc(I)c1OCc1ccc(I)cc1. The van der Waals surface area contributed by atoms with Crippen LogP contribution in [0.15, 0.2) is 70.7 Å². The van der Waals surface area contributed by atoms with Gasteiger partial charge in [0.05, 0.1) is 10.7 Å². The van der Waals surface area contributed by atoms with Crippen molar-refractivity contribution in [3.63, 3.8) is 0 Å². The Kier molecular flexibility index (Phi) is 8.95. The molecule has 0 aliphatic rings. The van der Waals surface area contributed by atoms with E-state index in [4.69, 9.17) is 9.47 Å². The number of anilines is 1. The molecule has 0 fully saturated rings. The van der Waals surface area contributed by atoms with Crippen LogP contribution in [0.1, 0.15) is 11.1 Å². The van der Waals surface area contributed by atoms with Crippen LogP contribution in [0.2, 0.25) is 0 Å². The van der Waals surface area contributed by atoms with Crippen molar-refractivity contribution in [2.24, 2.45) is 0 Å². The summed E-state index contributed by atoms with van der Waals surface area (Å²) in [5.74, 6) is 0.656. The highest BCUT2D eigenvalue weighted by molar-refractivity contribution is 14.1. The number of hydrogen-bond donors (Lipinski definition) is 1. The minimum Gasteiger partial charge on any atom is -0.493 e. The van der Waals surface area contributed by atoms with Crippen molar-refractivity contribution in [2.75, 3.05) is 12.4 Å². The number of ether oxygens (including phenoxy) is 2. The first kappa shape index (κ1) is 24.5. The number of amides is 1. The second-order valence-electron chi connectivity index (χ2n) is 6.58. The molecule has 1 amide bonds. The zero-order valence-electron chi connectivity index (χ0n) is 16.9. The molecule has 3 aromatic rings. The lowest BCUT2D eigenvalue weighted by Gasteiger charge is -2.14. The van der Waals surface area contributed by atoms with Crippen molar-refractivity contribution in [1.82, 2.24) is 0 Å². The van der Waals surface area contributed by atoms with E-state index in [-0.39, 0.29) is 5.57 Å². The third kappa shape index (κ3) is 6.70. The van der Waals surface area contributed by atoms with Crippen LogP contribution >= 0.6 is 61.1 Å². The lowest BCUT2D eigenvalue weighted by atomic mass is 10.1. The van der Waals surface area contributed by atoms with Gasteiger partial charge in [-0.3, -0.25) is 4.79 Å². The standard InChI is InChI=1S/C24H17BrI2N2O3/c1-31-22-12-16(10-17(13-28)24(30)29-20-8-4-18(25)5-9-20)11-21(27)23(22)32-14-15-2-6-19(26)7-3-15/h2-12H,14H2,1H3,(H,29,30)/b17-10-. The van der Waals surface area contributed by atoms with Crippen LogP contribution in [0.5, 0.6) is 11.5 Å². The number of carbonyl (C=O) groups excluding carboxylic acids is 1.